The Morgan fingerprint density at radius 3 is 2.13 bits per heavy atom. The Bertz CT molecular complexity index is 969. The topological polar surface area (TPSA) is 36.0 Å². The number of halogens is 1. The van der Waals surface area contributed by atoms with E-state index in [1.165, 1.54) is 0 Å². The van der Waals surface area contributed by atoms with Gasteiger partial charge in [-0.1, -0.05) is 54.1 Å². The monoisotopic (exact) mass is 319 g/mol. The third-order valence-corrected chi connectivity index (χ3v) is 4.25. The van der Waals surface area contributed by atoms with Crippen molar-refractivity contribution in [3.8, 4) is 28.1 Å². The number of phenolic OH excluding ortho intramolecular Hbond substituents is 1. The van der Waals surface area contributed by atoms with E-state index in [-0.39, 0.29) is 5.75 Å². The minimum Gasteiger partial charge on any atom is -0.508 e. The van der Waals surface area contributed by atoms with Crippen molar-refractivity contribution in [3.05, 3.63) is 77.8 Å². The number of aromatic amines is 1. The van der Waals surface area contributed by atoms with Gasteiger partial charge in [0.05, 0.1) is 5.69 Å². The lowest BCUT2D eigenvalue weighted by molar-refractivity contribution is 0.475. The van der Waals surface area contributed by atoms with Gasteiger partial charge in [-0.25, -0.2) is 0 Å². The Balaban J connectivity index is 2.01. The fraction of sp³-hybridized carbons (Fsp3) is 0. The van der Waals surface area contributed by atoms with Crippen molar-refractivity contribution in [2.24, 2.45) is 0 Å². The third kappa shape index (κ3) is 2.47. The maximum atomic E-state index is 9.56. The predicted molar refractivity (Wildman–Crippen MR) is 95.8 cm³/mol. The molecule has 3 heteroatoms. The molecule has 0 unspecified atom stereocenters. The summed E-state index contributed by atoms with van der Waals surface area (Å²) in [5, 5.41) is 11.4. The molecule has 4 aromatic rings. The average molecular weight is 320 g/mol. The number of aromatic hydroxyl groups is 1. The van der Waals surface area contributed by atoms with Gasteiger partial charge in [-0.2, -0.15) is 0 Å². The summed E-state index contributed by atoms with van der Waals surface area (Å²) in [7, 11) is 0. The number of aromatic nitrogens is 1. The number of hydrogen-bond donors (Lipinski definition) is 2. The molecule has 0 saturated heterocycles. The molecule has 1 aromatic heterocycles. The van der Waals surface area contributed by atoms with Crippen LogP contribution in [0.15, 0.2) is 72.8 Å². The maximum Gasteiger partial charge on any atom is 0.115 e. The number of nitrogens with one attached hydrogen (secondary N) is 1. The van der Waals surface area contributed by atoms with Gasteiger partial charge in [0.2, 0.25) is 0 Å². The smallest absolute Gasteiger partial charge is 0.115 e. The first-order valence-corrected chi connectivity index (χ1v) is 7.76. The molecule has 0 aliphatic heterocycles. The summed E-state index contributed by atoms with van der Waals surface area (Å²) in [5.74, 6) is 0.265. The van der Waals surface area contributed by atoms with Gasteiger partial charge in [-0.05, 0) is 41.5 Å². The van der Waals surface area contributed by atoms with Crippen LogP contribution in [0.4, 0.5) is 0 Å². The van der Waals surface area contributed by atoms with Crippen molar-refractivity contribution in [3.63, 3.8) is 0 Å². The second kappa shape index (κ2) is 5.49. The second-order valence-corrected chi connectivity index (χ2v) is 5.91. The lowest BCUT2D eigenvalue weighted by Gasteiger charge is -2.06. The molecule has 23 heavy (non-hydrogen) atoms. The highest BCUT2D eigenvalue weighted by Crippen LogP contribution is 2.38. The summed E-state index contributed by atoms with van der Waals surface area (Å²) in [4.78, 5) is 3.51. The summed E-state index contributed by atoms with van der Waals surface area (Å²) in [6.45, 7) is 0. The molecule has 0 fully saturated rings. The van der Waals surface area contributed by atoms with Crippen LogP contribution in [0.3, 0.4) is 0 Å². The van der Waals surface area contributed by atoms with E-state index in [9.17, 15) is 5.11 Å². The van der Waals surface area contributed by atoms with Gasteiger partial charge < -0.3 is 10.1 Å². The van der Waals surface area contributed by atoms with E-state index in [0.717, 1.165) is 38.3 Å². The van der Waals surface area contributed by atoms with Crippen molar-refractivity contribution >= 4 is 22.5 Å². The van der Waals surface area contributed by atoms with Gasteiger partial charge in [0.15, 0.2) is 0 Å². The molecule has 0 saturated carbocycles. The molecule has 0 atom stereocenters. The van der Waals surface area contributed by atoms with Gasteiger partial charge in [0.1, 0.15) is 5.75 Å². The Hall–Kier alpha value is -2.71. The fourth-order valence-corrected chi connectivity index (χ4v) is 3.03. The number of rotatable bonds is 2. The first kappa shape index (κ1) is 13.9. The van der Waals surface area contributed by atoms with Crippen molar-refractivity contribution in [1.82, 2.24) is 4.98 Å². The van der Waals surface area contributed by atoms with Gasteiger partial charge >= 0.3 is 0 Å². The van der Waals surface area contributed by atoms with Gasteiger partial charge in [-0.15, -0.1) is 0 Å². The van der Waals surface area contributed by atoms with Crippen LogP contribution in [0.5, 0.6) is 5.75 Å². The minimum absolute atomic E-state index is 0.265. The molecular weight excluding hydrogens is 306 g/mol. The summed E-state index contributed by atoms with van der Waals surface area (Å²) in [5.41, 5.74) is 5.40. The second-order valence-electron chi connectivity index (χ2n) is 5.47. The van der Waals surface area contributed by atoms with E-state index >= 15 is 0 Å². The van der Waals surface area contributed by atoms with Crippen LogP contribution in [0.2, 0.25) is 5.02 Å². The summed E-state index contributed by atoms with van der Waals surface area (Å²) >= 11 is 6.01. The van der Waals surface area contributed by atoms with Crippen LogP contribution < -0.4 is 0 Å². The Labute approximate surface area is 139 Å². The third-order valence-electron chi connectivity index (χ3n) is 3.99. The van der Waals surface area contributed by atoms with Crippen LogP contribution in [-0.2, 0) is 0 Å². The van der Waals surface area contributed by atoms with E-state index < -0.39 is 0 Å². The molecule has 3 aromatic carbocycles. The molecule has 112 valence electrons. The molecule has 0 aliphatic carbocycles. The number of phenols is 1. The van der Waals surface area contributed by atoms with Crippen LogP contribution in [0, 0.1) is 0 Å². The van der Waals surface area contributed by atoms with Crippen molar-refractivity contribution < 1.29 is 5.11 Å². The number of H-pyrrole nitrogens is 1. The van der Waals surface area contributed by atoms with Crippen LogP contribution in [-0.4, -0.2) is 10.1 Å². The number of fused-ring (bicyclic) bond motifs is 1. The highest BCUT2D eigenvalue weighted by Gasteiger charge is 2.14. The van der Waals surface area contributed by atoms with Gasteiger partial charge in [0, 0.05) is 21.5 Å². The molecule has 4 rings (SSSR count). The summed E-state index contributed by atoms with van der Waals surface area (Å²) < 4.78 is 0. The van der Waals surface area contributed by atoms with E-state index in [1.54, 1.807) is 12.1 Å². The highest BCUT2D eigenvalue weighted by molar-refractivity contribution is 6.30. The van der Waals surface area contributed by atoms with Gasteiger partial charge in [0.25, 0.3) is 0 Å². The molecule has 2 N–H and O–H groups in total. The quantitative estimate of drug-likeness (QED) is 0.477. The molecule has 0 aliphatic rings. The standard InChI is InChI=1S/C20H14ClNO/c21-15-9-5-14(6-10-15)20-19(13-7-11-16(23)12-8-13)17-3-1-2-4-18(17)22-20/h1-12,22-23H. The summed E-state index contributed by atoms with van der Waals surface area (Å²) in [6.07, 6.45) is 0. The lowest BCUT2D eigenvalue weighted by atomic mass is 9.98. The molecule has 0 radical (unpaired) electrons. The van der Waals surface area contributed by atoms with Crippen molar-refractivity contribution in [2.45, 2.75) is 0 Å². The van der Waals surface area contributed by atoms with E-state index in [4.69, 9.17) is 11.6 Å². The lowest BCUT2D eigenvalue weighted by Crippen LogP contribution is -1.82. The molecular formula is C20H14ClNO. The number of para-hydroxylation sites is 1. The minimum atomic E-state index is 0.265. The Kier molecular flexibility index (Phi) is 3.32. The normalized spacial score (nSPS) is 11.0. The first-order valence-electron chi connectivity index (χ1n) is 7.38. The highest BCUT2D eigenvalue weighted by atomic mass is 35.5. The molecule has 0 amide bonds. The molecule has 1 heterocycles. The zero-order valence-corrected chi connectivity index (χ0v) is 13.0. The van der Waals surface area contributed by atoms with Crippen LogP contribution in [0.1, 0.15) is 0 Å². The van der Waals surface area contributed by atoms with Crippen molar-refractivity contribution in [1.29, 1.82) is 0 Å². The largest absolute Gasteiger partial charge is 0.508 e. The van der Waals surface area contributed by atoms with E-state index in [2.05, 4.69) is 17.1 Å². The number of hydrogen-bond acceptors (Lipinski definition) is 1. The van der Waals surface area contributed by atoms with E-state index in [1.807, 2.05) is 48.5 Å². The van der Waals surface area contributed by atoms with Crippen LogP contribution >= 0.6 is 11.6 Å². The number of benzene rings is 3. The average Bonchev–Trinajstić information content (AvgIpc) is 2.96. The molecule has 0 bridgehead atoms. The predicted octanol–water partition coefficient (Wildman–Crippen LogP) is 5.86. The van der Waals surface area contributed by atoms with Gasteiger partial charge in [-0.3, -0.25) is 0 Å². The SMILES string of the molecule is Oc1ccc(-c2c(-c3ccc(Cl)cc3)[nH]c3ccccc23)cc1. The van der Waals surface area contributed by atoms with Crippen molar-refractivity contribution in [2.75, 3.05) is 0 Å². The molecule has 0 spiro atoms. The zero-order valence-electron chi connectivity index (χ0n) is 12.3. The van der Waals surface area contributed by atoms with Crippen LogP contribution in [0.25, 0.3) is 33.3 Å². The Morgan fingerprint density at radius 1 is 0.739 bits per heavy atom. The summed E-state index contributed by atoms with van der Waals surface area (Å²) in [6, 6.07) is 23.3. The molecule has 2 nitrogen and oxygen atoms in total. The zero-order chi connectivity index (χ0) is 15.8. The van der Waals surface area contributed by atoms with E-state index in [0.29, 0.717) is 0 Å². The fourth-order valence-electron chi connectivity index (χ4n) is 2.90. The first-order chi connectivity index (χ1) is 11.2. The maximum absolute atomic E-state index is 9.56. The Morgan fingerprint density at radius 2 is 1.39 bits per heavy atom.